The summed E-state index contributed by atoms with van der Waals surface area (Å²) >= 11 is 0.909. The number of benzene rings is 3. The third-order valence-electron chi connectivity index (χ3n) is 5.28. The van der Waals surface area contributed by atoms with Crippen LogP contribution >= 0.6 is 11.8 Å². The van der Waals surface area contributed by atoms with E-state index in [4.69, 9.17) is 9.47 Å². The number of rotatable bonds is 9. The molecule has 1 saturated heterocycles. The van der Waals surface area contributed by atoms with Gasteiger partial charge in [0, 0.05) is 5.69 Å². The molecule has 184 valence electrons. The monoisotopic (exact) mass is 502 g/mol. The first kappa shape index (κ1) is 25.1. The van der Waals surface area contributed by atoms with Crippen molar-refractivity contribution in [2.24, 2.45) is 0 Å². The van der Waals surface area contributed by atoms with Gasteiger partial charge in [-0.15, -0.1) is 0 Å². The molecule has 0 atom stereocenters. The van der Waals surface area contributed by atoms with Crippen LogP contribution in [0.25, 0.3) is 6.08 Å². The van der Waals surface area contributed by atoms with Gasteiger partial charge in [-0.1, -0.05) is 48.5 Å². The number of ether oxygens (including phenoxy) is 2. The van der Waals surface area contributed by atoms with Gasteiger partial charge in [0.2, 0.25) is 0 Å². The third kappa shape index (κ3) is 6.34. The van der Waals surface area contributed by atoms with E-state index in [-0.39, 0.29) is 30.2 Å². The number of carbonyl (C=O) groups excluding carboxylic acids is 3. The van der Waals surface area contributed by atoms with E-state index in [0.29, 0.717) is 34.3 Å². The molecular formula is C28H26N2O5S. The molecule has 0 spiro atoms. The first-order valence-electron chi connectivity index (χ1n) is 11.5. The molecule has 4 rings (SSSR count). The molecule has 7 nitrogen and oxygen atoms in total. The van der Waals surface area contributed by atoms with Gasteiger partial charge < -0.3 is 14.8 Å². The molecule has 1 aliphatic rings. The minimum atomic E-state index is -0.333. The van der Waals surface area contributed by atoms with Gasteiger partial charge in [-0.05, 0) is 72.6 Å². The zero-order valence-electron chi connectivity index (χ0n) is 20.0. The number of amides is 3. The summed E-state index contributed by atoms with van der Waals surface area (Å²) in [5, 5.41) is 2.50. The molecule has 0 aromatic heterocycles. The molecule has 8 heteroatoms. The Morgan fingerprint density at radius 3 is 2.53 bits per heavy atom. The number of nitrogens with one attached hydrogen (secondary N) is 1. The average Bonchev–Trinajstić information content (AvgIpc) is 3.11. The van der Waals surface area contributed by atoms with E-state index in [1.807, 2.05) is 68.4 Å². The van der Waals surface area contributed by atoms with Crippen LogP contribution in [0.3, 0.4) is 0 Å². The molecule has 0 saturated carbocycles. The number of hydrogen-bond acceptors (Lipinski definition) is 6. The average molecular weight is 503 g/mol. The van der Waals surface area contributed by atoms with Crippen molar-refractivity contribution in [2.75, 3.05) is 18.5 Å². The van der Waals surface area contributed by atoms with Gasteiger partial charge in [0.05, 0.1) is 18.1 Å². The van der Waals surface area contributed by atoms with E-state index < -0.39 is 0 Å². The quantitative estimate of drug-likeness (QED) is 0.381. The van der Waals surface area contributed by atoms with Crippen molar-refractivity contribution in [3.63, 3.8) is 0 Å². The Morgan fingerprint density at radius 2 is 1.78 bits per heavy atom. The van der Waals surface area contributed by atoms with Crippen LogP contribution in [0.5, 0.6) is 11.5 Å². The highest BCUT2D eigenvalue weighted by Crippen LogP contribution is 2.35. The second kappa shape index (κ2) is 11.6. The first-order valence-corrected chi connectivity index (χ1v) is 12.3. The Kier molecular flexibility index (Phi) is 8.07. The number of aryl methyl sites for hydroxylation is 1. The van der Waals surface area contributed by atoms with Crippen molar-refractivity contribution < 1.29 is 23.9 Å². The van der Waals surface area contributed by atoms with E-state index in [0.717, 1.165) is 22.9 Å². The maximum absolute atomic E-state index is 12.9. The van der Waals surface area contributed by atoms with Crippen molar-refractivity contribution in [3.8, 4) is 11.5 Å². The van der Waals surface area contributed by atoms with Gasteiger partial charge in [0.1, 0.15) is 0 Å². The van der Waals surface area contributed by atoms with Gasteiger partial charge in [-0.3, -0.25) is 19.3 Å². The SMILES string of the molecule is CCOc1cc(/C=C2\SC(=O)N(Cc3ccccc3)C2=O)ccc1OCC(=O)Nc1cccc(C)c1. The van der Waals surface area contributed by atoms with Crippen molar-refractivity contribution in [1.82, 2.24) is 4.90 Å². The van der Waals surface area contributed by atoms with Gasteiger partial charge in [0.25, 0.3) is 17.1 Å². The van der Waals surface area contributed by atoms with Crippen molar-refractivity contribution >= 4 is 40.6 Å². The summed E-state index contributed by atoms with van der Waals surface area (Å²) in [7, 11) is 0. The fraction of sp³-hybridized carbons (Fsp3) is 0.179. The summed E-state index contributed by atoms with van der Waals surface area (Å²) in [6.45, 7) is 4.22. The molecule has 3 aromatic carbocycles. The molecule has 1 N–H and O–H groups in total. The minimum absolute atomic E-state index is 0.189. The molecule has 0 aliphatic carbocycles. The predicted octanol–water partition coefficient (Wildman–Crippen LogP) is 5.65. The normalized spacial score (nSPS) is 14.3. The van der Waals surface area contributed by atoms with Crippen LogP contribution in [0.4, 0.5) is 10.5 Å². The number of anilines is 1. The fourth-order valence-electron chi connectivity index (χ4n) is 3.62. The molecule has 1 heterocycles. The minimum Gasteiger partial charge on any atom is -0.490 e. The Balaban J connectivity index is 1.44. The molecule has 1 aliphatic heterocycles. The van der Waals surface area contributed by atoms with Crippen LogP contribution in [0.15, 0.2) is 77.7 Å². The zero-order chi connectivity index (χ0) is 25.5. The van der Waals surface area contributed by atoms with Gasteiger partial charge in [-0.2, -0.15) is 0 Å². The number of imide groups is 1. The summed E-state index contributed by atoms with van der Waals surface area (Å²) < 4.78 is 11.4. The van der Waals surface area contributed by atoms with Crippen molar-refractivity contribution in [1.29, 1.82) is 0 Å². The molecule has 0 unspecified atom stereocenters. The lowest BCUT2D eigenvalue weighted by atomic mass is 10.1. The largest absolute Gasteiger partial charge is 0.490 e. The van der Waals surface area contributed by atoms with E-state index in [1.54, 1.807) is 24.3 Å². The number of thioether (sulfide) groups is 1. The van der Waals surface area contributed by atoms with Gasteiger partial charge >= 0.3 is 0 Å². The lowest BCUT2D eigenvalue weighted by Crippen LogP contribution is -2.27. The summed E-state index contributed by atoms with van der Waals surface area (Å²) in [4.78, 5) is 39.2. The Morgan fingerprint density at radius 1 is 0.972 bits per heavy atom. The van der Waals surface area contributed by atoms with E-state index in [9.17, 15) is 14.4 Å². The second-order valence-electron chi connectivity index (χ2n) is 8.10. The van der Waals surface area contributed by atoms with Gasteiger partial charge in [0.15, 0.2) is 18.1 Å². The Hall–Kier alpha value is -4.04. The topological polar surface area (TPSA) is 84.9 Å². The lowest BCUT2D eigenvalue weighted by molar-refractivity contribution is -0.123. The number of nitrogens with zero attached hydrogens (tertiary/aromatic N) is 1. The van der Waals surface area contributed by atoms with Crippen LogP contribution < -0.4 is 14.8 Å². The maximum atomic E-state index is 12.9. The van der Waals surface area contributed by atoms with Crippen LogP contribution in [0.2, 0.25) is 0 Å². The highest BCUT2D eigenvalue weighted by molar-refractivity contribution is 8.18. The molecule has 0 radical (unpaired) electrons. The Labute approximate surface area is 214 Å². The summed E-state index contributed by atoms with van der Waals surface area (Å²) in [5.74, 6) is 0.225. The third-order valence-corrected chi connectivity index (χ3v) is 6.19. The molecule has 1 fully saturated rings. The van der Waals surface area contributed by atoms with E-state index >= 15 is 0 Å². The lowest BCUT2D eigenvalue weighted by Gasteiger charge is -2.13. The molecule has 36 heavy (non-hydrogen) atoms. The summed E-state index contributed by atoms with van der Waals surface area (Å²) in [5.41, 5.74) is 3.30. The van der Waals surface area contributed by atoms with Crippen LogP contribution in [0.1, 0.15) is 23.6 Å². The van der Waals surface area contributed by atoms with Crippen LogP contribution in [-0.4, -0.2) is 35.2 Å². The molecular weight excluding hydrogens is 476 g/mol. The van der Waals surface area contributed by atoms with Crippen molar-refractivity contribution in [2.45, 2.75) is 20.4 Å². The highest BCUT2D eigenvalue weighted by atomic mass is 32.2. The second-order valence-corrected chi connectivity index (χ2v) is 9.09. The zero-order valence-corrected chi connectivity index (χ0v) is 20.8. The van der Waals surface area contributed by atoms with E-state index in [1.165, 1.54) is 4.90 Å². The summed E-state index contributed by atoms with van der Waals surface area (Å²) in [6, 6.07) is 22.0. The predicted molar refractivity (Wildman–Crippen MR) is 141 cm³/mol. The molecule has 3 amide bonds. The standard InChI is InChI=1S/C28H26N2O5S/c1-3-34-24-15-21(12-13-23(24)35-18-26(31)29-22-11-7-8-19(2)14-22)16-25-27(32)30(28(33)36-25)17-20-9-5-4-6-10-20/h4-16H,3,17-18H2,1-2H3,(H,29,31)/b25-16-. The van der Waals surface area contributed by atoms with E-state index in [2.05, 4.69) is 5.32 Å². The number of carbonyl (C=O) groups is 3. The van der Waals surface area contributed by atoms with Crippen LogP contribution in [-0.2, 0) is 16.1 Å². The van der Waals surface area contributed by atoms with Crippen molar-refractivity contribution in [3.05, 3.63) is 94.4 Å². The van der Waals surface area contributed by atoms with Gasteiger partial charge in [-0.25, -0.2) is 0 Å². The maximum Gasteiger partial charge on any atom is 0.293 e. The first-order chi connectivity index (χ1) is 17.4. The highest BCUT2D eigenvalue weighted by Gasteiger charge is 2.35. The summed E-state index contributed by atoms with van der Waals surface area (Å²) in [6.07, 6.45) is 1.66. The smallest absolute Gasteiger partial charge is 0.293 e. The molecule has 3 aromatic rings. The Bertz CT molecular complexity index is 1310. The molecule has 0 bridgehead atoms. The number of hydrogen-bond donors (Lipinski definition) is 1. The fourth-order valence-corrected chi connectivity index (χ4v) is 4.46. The van der Waals surface area contributed by atoms with Crippen LogP contribution in [0, 0.1) is 6.92 Å².